The Morgan fingerprint density at radius 3 is 1.53 bits per heavy atom. The van der Waals surface area contributed by atoms with E-state index in [2.05, 4.69) is 115 Å². The molecule has 7 nitrogen and oxygen atoms in total. The number of aryl methyl sites for hydroxylation is 7. The topological polar surface area (TPSA) is 96.9 Å². The van der Waals surface area contributed by atoms with Gasteiger partial charge in [0.25, 0.3) is 0 Å². The highest BCUT2D eigenvalue weighted by atomic mass is 32.2. The number of nitrogens with zero attached hydrogens (tertiary/aromatic N) is 3. The van der Waals surface area contributed by atoms with Crippen LogP contribution in [0.4, 0.5) is 0 Å². The summed E-state index contributed by atoms with van der Waals surface area (Å²) in [5, 5.41) is 8.19. The van der Waals surface area contributed by atoms with E-state index in [9.17, 15) is 9.59 Å². The molecule has 0 saturated carbocycles. The number of carbonyl (C=O) groups excluding carboxylic acids is 2. The Hall–Kier alpha value is -4.29. The molecule has 58 heavy (non-hydrogen) atoms. The van der Waals surface area contributed by atoms with E-state index in [1.165, 1.54) is 32.0 Å². The average Bonchev–Trinajstić information content (AvgIpc) is 3.81. The van der Waals surface area contributed by atoms with Crippen molar-refractivity contribution in [3.8, 4) is 21.1 Å². The van der Waals surface area contributed by atoms with Gasteiger partial charge in [0.1, 0.15) is 10.0 Å². The number of thiazole rings is 2. The highest BCUT2D eigenvalue weighted by molar-refractivity contribution is 7.99. The zero-order valence-electron chi connectivity index (χ0n) is 33.9. The third kappa shape index (κ3) is 13.4. The van der Waals surface area contributed by atoms with Gasteiger partial charge in [-0.2, -0.15) is 0 Å². The fraction of sp³-hybridized carbons (Fsp3) is 0.340. The minimum Gasteiger partial charge on any atom is -0.355 e. The first-order valence-corrected chi connectivity index (χ1v) is 24.0. The minimum atomic E-state index is 0.0597. The van der Waals surface area contributed by atoms with Crippen LogP contribution in [0.15, 0.2) is 91.1 Å². The molecule has 0 unspecified atom stereocenters. The summed E-state index contributed by atoms with van der Waals surface area (Å²) < 4.78 is 0. The molecule has 2 N–H and O–H groups in total. The summed E-state index contributed by atoms with van der Waals surface area (Å²) in [7, 11) is 0. The molecule has 6 aromatic rings. The van der Waals surface area contributed by atoms with E-state index in [0.29, 0.717) is 24.6 Å². The number of rotatable bonds is 21. The Balaban J connectivity index is 0.838. The van der Waals surface area contributed by atoms with Gasteiger partial charge in [-0.25, -0.2) is 9.97 Å². The van der Waals surface area contributed by atoms with Crippen molar-refractivity contribution >= 4 is 58.0 Å². The summed E-state index contributed by atoms with van der Waals surface area (Å²) in [4.78, 5) is 41.3. The fourth-order valence-corrected chi connectivity index (χ4v) is 10.6. The maximum absolute atomic E-state index is 12.5. The van der Waals surface area contributed by atoms with Crippen LogP contribution in [0.2, 0.25) is 0 Å². The average molecular weight is 848 g/mol. The van der Waals surface area contributed by atoms with Crippen molar-refractivity contribution in [3.63, 3.8) is 0 Å². The molecule has 3 aromatic carbocycles. The highest BCUT2D eigenvalue weighted by Crippen LogP contribution is 2.32. The quantitative estimate of drug-likeness (QED) is 0.0697. The van der Waals surface area contributed by atoms with Gasteiger partial charge in [0.05, 0.1) is 22.9 Å². The van der Waals surface area contributed by atoms with Crippen molar-refractivity contribution in [1.82, 2.24) is 25.6 Å². The molecule has 302 valence electrons. The molecule has 0 saturated heterocycles. The smallest absolute Gasteiger partial charge is 0.230 e. The van der Waals surface area contributed by atoms with Crippen molar-refractivity contribution in [2.45, 2.75) is 77.7 Å². The molecule has 2 amide bonds. The van der Waals surface area contributed by atoms with Crippen molar-refractivity contribution < 1.29 is 9.59 Å². The summed E-state index contributed by atoms with van der Waals surface area (Å²) in [5.74, 6) is 2.61. The molecule has 0 radical (unpaired) electrons. The normalized spacial score (nSPS) is 11.2. The fourth-order valence-electron chi connectivity index (χ4n) is 6.32. The Kier molecular flexibility index (Phi) is 16.6. The number of hydrogen-bond acceptors (Lipinski definition) is 9. The number of amides is 2. The first-order valence-electron chi connectivity index (χ1n) is 20.0. The van der Waals surface area contributed by atoms with Gasteiger partial charge in [-0.05, 0) is 93.2 Å². The van der Waals surface area contributed by atoms with Crippen LogP contribution in [0.3, 0.4) is 0 Å². The summed E-state index contributed by atoms with van der Waals surface area (Å²) >= 11 is 6.73. The minimum absolute atomic E-state index is 0.0597. The van der Waals surface area contributed by atoms with Gasteiger partial charge in [-0.3, -0.25) is 14.6 Å². The number of pyridine rings is 1. The summed E-state index contributed by atoms with van der Waals surface area (Å²) in [5.41, 5.74) is 11.8. The Morgan fingerprint density at radius 1 is 0.569 bits per heavy atom. The zero-order chi connectivity index (χ0) is 40.7. The number of nitrogens with one attached hydrogen (secondary N) is 2. The second-order valence-corrected chi connectivity index (χ2v) is 18.6. The monoisotopic (exact) mass is 847 g/mol. The van der Waals surface area contributed by atoms with Gasteiger partial charge in [0.15, 0.2) is 0 Å². The van der Waals surface area contributed by atoms with Crippen LogP contribution in [-0.2, 0) is 53.2 Å². The van der Waals surface area contributed by atoms with Gasteiger partial charge < -0.3 is 10.6 Å². The van der Waals surface area contributed by atoms with E-state index in [1.54, 1.807) is 46.2 Å². The molecule has 0 bridgehead atoms. The first kappa shape index (κ1) is 43.3. The predicted molar refractivity (Wildman–Crippen MR) is 247 cm³/mol. The predicted octanol–water partition coefficient (Wildman–Crippen LogP) is 10.2. The second-order valence-electron chi connectivity index (χ2n) is 14.5. The van der Waals surface area contributed by atoms with Crippen LogP contribution in [0.1, 0.15) is 68.0 Å². The highest BCUT2D eigenvalue weighted by Gasteiger charge is 2.13. The number of aromatic nitrogens is 3. The van der Waals surface area contributed by atoms with Crippen molar-refractivity contribution in [2.75, 3.05) is 24.6 Å². The lowest BCUT2D eigenvalue weighted by Crippen LogP contribution is -2.27. The molecule has 0 fully saturated rings. The third-order valence-electron chi connectivity index (χ3n) is 9.93. The van der Waals surface area contributed by atoms with E-state index >= 15 is 0 Å². The summed E-state index contributed by atoms with van der Waals surface area (Å²) in [6, 6.07) is 30.4. The molecule has 0 atom stereocenters. The zero-order valence-corrected chi connectivity index (χ0v) is 37.2. The van der Waals surface area contributed by atoms with Crippen LogP contribution in [-0.4, -0.2) is 51.4 Å². The van der Waals surface area contributed by atoms with E-state index in [-0.39, 0.29) is 11.8 Å². The summed E-state index contributed by atoms with van der Waals surface area (Å²) in [6.07, 6.45) is 7.50. The SMILES string of the molecule is CCc1ccc(-c2nc(C)c(CSCC(=O)NCCCc3ccc(CCc4ccc(-c5nc(C)c(CSCC(=O)NCCc6ccc(C)nc6)s5)cc4)cc3)s2)cc1. The molecule has 3 heterocycles. The van der Waals surface area contributed by atoms with Crippen LogP contribution in [0, 0.1) is 20.8 Å². The van der Waals surface area contributed by atoms with Crippen molar-refractivity contribution in [3.05, 3.63) is 146 Å². The van der Waals surface area contributed by atoms with Crippen molar-refractivity contribution in [1.29, 1.82) is 0 Å². The Bertz CT molecular complexity index is 2210. The van der Waals surface area contributed by atoms with Crippen LogP contribution < -0.4 is 10.6 Å². The van der Waals surface area contributed by atoms with Gasteiger partial charge >= 0.3 is 0 Å². The lowest BCUT2D eigenvalue weighted by Gasteiger charge is -2.07. The van der Waals surface area contributed by atoms with Crippen molar-refractivity contribution in [2.24, 2.45) is 0 Å². The van der Waals surface area contributed by atoms with Crippen LogP contribution in [0.5, 0.6) is 0 Å². The van der Waals surface area contributed by atoms with E-state index in [1.807, 2.05) is 19.2 Å². The lowest BCUT2D eigenvalue weighted by atomic mass is 10.0. The molecular formula is C47H53N5O2S4. The number of benzene rings is 3. The molecule has 11 heteroatoms. The molecule has 0 aliphatic heterocycles. The van der Waals surface area contributed by atoms with Gasteiger partial charge in [0.2, 0.25) is 11.8 Å². The van der Waals surface area contributed by atoms with Gasteiger partial charge in [-0.1, -0.05) is 85.8 Å². The number of carbonyl (C=O) groups is 2. The molecule has 0 aliphatic carbocycles. The van der Waals surface area contributed by atoms with Crippen LogP contribution in [0.25, 0.3) is 21.1 Å². The largest absolute Gasteiger partial charge is 0.355 e. The molecule has 0 spiro atoms. The van der Waals surface area contributed by atoms with E-state index in [0.717, 1.165) is 93.8 Å². The van der Waals surface area contributed by atoms with Gasteiger partial charge in [-0.15, -0.1) is 46.2 Å². The lowest BCUT2D eigenvalue weighted by molar-refractivity contribution is -0.119. The maximum Gasteiger partial charge on any atom is 0.230 e. The van der Waals surface area contributed by atoms with E-state index < -0.39 is 0 Å². The Morgan fingerprint density at radius 2 is 1.03 bits per heavy atom. The van der Waals surface area contributed by atoms with Gasteiger partial charge in [0, 0.05) is 57.4 Å². The molecule has 6 rings (SSSR count). The Labute approximate surface area is 360 Å². The number of hydrogen-bond donors (Lipinski definition) is 2. The maximum atomic E-state index is 12.5. The molecule has 0 aliphatic rings. The first-order chi connectivity index (χ1) is 28.2. The van der Waals surface area contributed by atoms with Crippen LogP contribution >= 0.6 is 46.2 Å². The molecular weight excluding hydrogens is 795 g/mol. The third-order valence-corrected chi connectivity index (χ3v) is 14.6. The summed E-state index contributed by atoms with van der Waals surface area (Å²) in [6.45, 7) is 9.55. The molecule has 3 aromatic heterocycles. The number of thioether (sulfide) groups is 2. The second kappa shape index (κ2) is 22.2. The standard InChI is InChI=1S/C47H53N5O2S4/c1-5-35-16-20-40(21-17-35)46-51-33(3)42(57-46)28-55-30-44(53)48-25-6-7-36-10-12-37(13-11-36)14-15-38-18-22-41(23-19-38)47-52-34(4)43(58-47)29-56-31-45(54)49-26-24-39-9-8-32(2)50-27-39/h8-13,16-23,27H,5-7,14-15,24-26,28-31H2,1-4H3,(H,48,53)(H,49,54). The van der Waals surface area contributed by atoms with E-state index in [4.69, 9.17) is 9.97 Å².